The predicted molar refractivity (Wildman–Crippen MR) is 127 cm³/mol. The van der Waals surface area contributed by atoms with Crippen LogP contribution in [0, 0.1) is 11.3 Å². The largest absolute Gasteiger partial charge is 0.395 e. The highest BCUT2D eigenvalue weighted by Crippen LogP contribution is 2.25. The Balaban J connectivity index is 1.58. The van der Waals surface area contributed by atoms with Gasteiger partial charge in [0.05, 0.1) is 18.0 Å². The smallest absolute Gasteiger partial charge is 0.134 e. The second kappa shape index (κ2) is 10.4. The van der Waals surface area contributed by atoms with Gasteiger partial charge in [0, 0.05) is 43.8 Å². The van der Waals surface area contributed by atoms with Crippen molar-refractivity contribution in [1.29, 1.82) is 5.26 Å². The molecule has 3 aromatic rings. The molecule has 0 aliphatic carbocycles. The number of aliphatic hydroxyl groups is 1. The molecule has 1 aliphatic rings. The van der Waals surface area contributed by atoms with Crippen molar-refractivity contribution in [3.05, 3.63) is 82.3 Å². The number of hydrogen-bond acceptors (Lipinski definition) is 7. The van der Waals surface area contributed by atoms with Crippen molar-refractivity contribution in [2.45, 2.75) is 13.0 Å². The molecule has 3 heterocycles. The molecule has 0 spiro atoms. The third-order valence-electron chi connectivity index (χ3n) is 5.18. The number of aromatic nitrogens is 2. The Bertz CT molecular complexity index is 1200. The van der Waals surface area contributed by atoms with E-state index in [1.54, 1.807) is 18.5 Å². The van der Waals surface area contributed by atoms with E-state index in [2.05, 4.69) is 43.8 Å². The van der Waals surface area contributed by atoms with Crippen molar-refractivity contribution in [2.75, 3.05) is 25.0 Å². The van der Waals surface area contributed by atoms with Gasteiger partial charge in [0.2, 0.25) is 0 Å². The molecule has 0 saturated carbocycles. The average Bonchev–Trinajstić information content (AvgIpc) is 2.84. The van der Waals surface area contributed by atoms with Crippen LogP contribution in [0.3, 0.4) is 0 Å². The zero-order chi connectivity index (χ0) is 22.2. The van der Waals surface area contributed by atoms with Crippen molar-refractivity contribution in [3.8, 4) is 6.07 Å². The van der Waals surface area contributed by atoms with E-state index in [9.17, 15) is 5.26 Å². The summed E-state index contributed by atoms with van der Waals surface area (Å²) in [5.41, 5.74) is 6.13. The zero-order valence-electron chi connectivity index (χ0n) is 17.6. The molecule has 160 valence electrons. The first-order chi connectivity index (χ1) is 15.8. The SMILES string of the molecule is N#Cc1c(Nc2ncccc2CNCCO)ccnc1C=Cc1ccc2c(c1)CCN=C2. The van der Waals surface area contributed by atoms with Crippen LogP contribution in [-0.4, -0.2) is 41.0 Å². The lowest BCUT2D eigenvalue weighted by molar-refractivity contribution is 0.292. The number of nitrogens with one attached hydrogen (secondary N) is 2. The number of nitriles is 1. The Morgan fingerprint density at radius 2 is 2.06 bits per heavy atom. The minimum Gasteiger partial charge on any atom is -0.395 e. The maximum absolute atomic E-state index is 9.84. The van der Waals surface area contributed by atoms with Crippen LogP contribution in [0.2, 0.25) is 0 Å². The average molecular weight is 425 g/mol. The Morgan fingerprint density at radius 3 is 2.94 bits per heavy atom. The van der Waals surface area contributed by atoms with Gasteiger partial charge < -0.3 is 15.7 Å². The third kappa shape index (κ3) is 5.06. The quantitative estimate of drug-likeness (QED) is 0.479. The number of pyridine rings is 2. The van der Waals surface area contributed by atoms with E-state index in [0.29, 0.717) is 35.9 Å². The van der Waals surface area contributed by atoms with E-state index in [0.717, 1.165) is 29.7 Å². The monoisotopic (exact) mass is 424 g/mol. The number of hydrogen-bond donors (Lipinski definition) is 3. The maximum atomic E-state index is 9.84. The van der Waals surface area contributed by atoms with Crippen LogP contribution in [0.4, 0.5) is 11.5 Å². The number of fused-ring (bicyclic) bond motifs is 1. The number of aliphatic hydroxyl groups excluding tert-OH is 1. The molecule has 4 rings (SSSR count). The van der Waals surface area contributed by atoms with Crippen molar-refractivity contribution in [1.82, 2.24) is 15.3 Å². The molecule has 1 aromatic carbocycles. The van der Waals surface area contributed by atoms with Gasteiger partial charge in [-0.3, -0.25) is 9.98 Å². The van der Waals surface area contributed by atoms with Crippen LogP contribution in [0.15, 0.2) is 53.8 Å². The molecule has 0 amide bonds. The summed E-state index contributed by atoms with van der Waals surface area (Å²) in [5.74, 6) is 0.659. The van der Waals surface area contributed by atoms with E-state index in [1.807, 2.05) is 36.6 Å². The standard InChI is InChI=1S/C25H24N6O/c26-15-22-23(6-4-18-3-5-20-16-27-10-7-19(20)14-18)29-11-8-24(22)31-25-21(2-1-9-30-25)17-28-12-13-32/h1-6,8-9,11,14,16,28,32H,7,10,12-13,17H2,(H,29,30,31). The first kappa shape index (κ1) is 21.4. The summed E-state index contributed by atoms with van der Waals surface area (Å²) < 4.78 is 0. The fourth-order valence-corrected chi connectivity index (χ4v) is 3.54. The number of anilines is 2. The van der Waals surface area contributed by atoms with Crippen LogP contribution in [0.25, 0.3) is 12.2 Å². The highest BCUT2D eigenvalue weighted by molar-refractivity contribution is 5.84. The minimum atomic E-state index is 0.0689. The summed E-state index contributed by atoms with van der Waals surface area (Å²) in [4.78, 5) is 13.1. The van der Waals surface area contributed by atoms with E-state index in [-0.39, 0.29) is 6.61 Å². The molecule has 0 unspecified atom stereocenters. The summed E-state index contributed by atoms with van der Waals surface area (Å²) in [6.07, 6.45) is 10.1. The molecule has 7 nitrogen and oxygen atoms in total. The maximum Gasteiger partial charge on any atom is 0.134 e. The summed E-state index contributed by atoms with van der Waals surface area (Å²) in [6, 6.07) is 14.1. The lowest BCUT2D eigenvalue weighted by atomic mass is 9.99. The van der Waals surface area contributed by atoms with Crippen LogP contribution >= 0.6 is 0 Å². The molecule has 0 radical (unpaired) electrons. The fraction of sp³-hybridized carbons (Fsp3) is 0.200. The first-order valence-corrected chi connectivity index (χ1v) is 10.5. The van der Waals surface area contributed by atoms with Gasteiger partial charge in [-0.2, -0.15) is 5.26 Å². The third-order valence-corrected chi connectivity index (χ3v) is 5.18. The number of rotatable bonds is 8. The van der Waals surface area contributed by atoms with Crippen molar-refractivity contribution >= 4 is 29.9 Å². The molecule has 0 bridgehead atoms. The molecule has 1 aliphatic heterocycles. The molecular weight excluding hydrogens is 400 g/mol. The summed E-state index contributed by atoms with van der Waals surface area (Å²) in [7, 11) is 0. The molecule has 0 saturated heterocycles. The molecule has 32 heavy (non-hydrogen) atoms. The lowest BCUT2D eigenvalue weighted by Crippen LogP contribution is -2.18. The highest BCUT2D eigenvalue weighted by atomic mass is 16.3. The zero-order valence-corrected chi connectivity index (χ0v) is 17.6. The lowest BCUT2D eigenvalue weighted by Gasteiger charge is -2.13. The second-order valence-corrected chi connectivity index (χ2v) is 7.34. The Kier molecular flexibility index (Phi) is 6.98. The summed E-state index contributed by atoms with van der Waals surface area (Å²) >= 11 is 0. The number of aliphatic imine (C=N–C) groups is 1. The molecule has 3 N–H and O–H groups in total. The predicted octanol–water partition coefficient (Wildman–Crippen LogP) is 3.32. The number of nitrogens with zero attached hydrogens (tertiary/aromatic N) is 4. The van der Waals surface area contributed by atoms with Crippen LogP contribution in [0.5, 0.6) is 0 Å². The van der Waals surface area contributed by atoms with E-state index < -0.39 is 0 Å². The van der Waals surface area contributed by atoms with Crippen molar-refractivity contribution < 1.29 is 5.11 Å². The van der Waals surface area contributed by atoms with E-state index in [1.165, 1.54) is 5.56 Å². The fourth-order valence-electron chi connectivity index (χ4n) is 3.54. The summed E-state index contributed by atoms with van der Waals surface area (Å²) in [6.45, 7) is 1.94. The molecular formula is C25H24N6O. The van der Waals surface area contributed by atoms with Gasteiger partial charge in [-0.1, -0.05) is 30.3 Å². The topological polar surface area (TPSA) is 106 Å². The molecule has 0 atom stereocenters. The second-order valence-electron chi connectivity index (χ2n) is 7.34. The Labute approximate surface area is 187 Å². The van der Waals surface area contributed by atoms with Gasteiger partial charge in [-0.15, -0.1) is 0 Å². The van der Waals surface area contributed by atoms with Crippen molar-refractivity contribution in [3.63, 3.8) is 0 Å². The normalized spacial score (nSPS) is 12.5. The van der Waals surface area contributed by atoms with Gasteiger partial charge in [0.25, 0.3) is 0 Å². The minimum absolute atomic E-state index is 0.0689. The summed E-state index contributed by atoms with van der Waals surface area (Å²) in [5, 5.41) is 25.3. The van der Waals surface area contributed by atoms with Gasteiger partial charge in [0.15, 0.2) is 0 Å². The molecule has 7 heteroatoms. The van der Waals surface area contributed by atoms with Gasteiger partial charge >= 0.3 is 0 Å². The highest BCUT2D eigenvalue weighted by Gasteiger charge is 2.11. The van der Waals surface area contributed by atoms with Gasteiger partial charge in [-0.25, -0.2) is 4.98 Å². The first-order valence-electron chi connectivity index (χ1n) is 10.5. The Hall–Kier alpha value is -3.86. The van der Waals surface area contributed by atoms with E-state index >= 15 is 0 Å². The molecule has 0 fully saturated rings. The van der Waals surface area contributed by atoms with Crippen LogP contribution < -0.4 is 10.6 Å². The number of benzene rings is 1. The van der Waals surface area contributed by atoms with Crippen molar-refractivity contribution in [2.24, 2.45) is 4.99 Å². The van der Waals surface area contributed by atoms with E-state index in [4.69, 9.17) is 5.11 Å². The van der Waals surface area contributed by atoms with Gasteiger partial charge in [0.1, 0.15) is 17.5 Å². The van der Waals surface area contributed by atoms with Gasteiger partial charge in [-0.05, 0) is 41.3 Å². The Morgan fingerprint density at radius 1 is 1.12 bits per heavy atom. The molecule has 2 aromatic heterocycles. The van der Waals surface area contributed by atoms with Crippen LogP contribution in [0.1, 0.15) is 33.5 Å². The van der Waals surface area contributed by atoms with Crippen LogP contribution in [-0.2, 0) is 13.0 Å².